The number of aliphatic imine (C=N–C) groups is 1. The standard InChI is InChI=1S/C18H19N5O/c1-2-24-13-8-6-12(7-9-13)22-15-10-11-21-17-14(15)4-3-5-16(17)23-18(19)20/h3-11H,2H2,1H3,(H,21,22)(H4,19,20,23). The van der Waals surface area contributed by atoms with Crippen LogP contribution in [0.4, 0.5) is 17.1 Å². The average Bonchev–Trinajstić information content (AvgIpc) is 2.57. The van der Waals surface area contributed by atoms with Gasteiger partial charge in [0.05, 0.1) is 17.8 Å². The third kappa shape index (κ3) is 3.38. The molecule has 1 aromatic heterocycles. The van der Waals surface area contributed by atoms with Crippen LogP contribution in [0.25, 0.3) is 10.9 Å². The second kappa shape index (κ2) is 6.87. The fourth-order valence-corrected chi connectivity index (χ4v) is 2.46. The van der Waals surface area contributed by atoms with Crippen molar-refractivity contribution in [3.8, 4) is 5.75 Å². The molecule has 0 unspecified atom stereocenters. The van der Waals surface area contributed by atoms with Gasteiger partial charge < -0.3 is 21.5 Å². The van der Waals surface area contributed by atoms with Crippen molar-refractivity contribution in [2.75, 3.05) is 11.9 Å². The highest BCUT2D eigenvalue weighted by Crippen LogP contribution is 2.31. The lowest BCUT2D eigenvalue weighted by Crippen LogP contribution is -2.21. The maximum atomic E-state index is 5.49. The Balaban J connectivity index is 1.96. The average molecular weight is 321 g/mol. The molecule has 2 aromatic carbocycles. The van der Waals surface area contributed by atoms with E-state index in [0.29, 0.717) is 12.3 Å². The van der Waals surface area contributed by atoms with Crippen molar-refractivity contribution in [1.82, 2.24) is 4.98 Å². The molecule has 6 nitrogen and oxygen atoms in total. The molecule has 0 amide bonds. The van der Waals surface area contributed by atoms with Crippen molar-refractivity contribution in [3.63, 3.8) is 0 Å². The SMILES string of the molecule is CCOc1ccc(Nc2ccnc3c(N=C(N)N)cccc23)cc1. The van der Waals surface area contributed by atoms with Crippen molar-refractivity contribution >= 4 is 33.9 Å². The first-order chi connectivity index (χ1) is 11.7. The molecular weight excluding hydrogens is 302 g/mol. The molecule has 5 N–H and O–H groups in total. The van der Waals surface area contributed by atoms with Crippen LogP contribution in [-0.2, 0) is 0 Å². The van der Waals surface area contributed by atoms with Crippen LogP contribution in [0, 0.1) is 0 Å². The molecule has 0 atom stereocenters. The highest BCUT2D eigenvalue weighted by molar-refractivity contribution is 6.00. The molecule has 0 saturated heterocycles. The van der Waals surface area contributed by atoms with Crippen LogP contribution in [-0.4, -0.2) is 17.6 Å². The number of nitrogens with two attached hydrogens (primary N) is 2. The molecule has 0 saturated carbocycles. The number of anilines is 2. The summed E-state index contributed by atoms with van der Waals surface area (Å²) in [6.07, 6.45) is 1.73. The zero-order valence-electron chi connectivity index (χ0n) is 13.4. The minimum Gasteiger partial charge on any atom is -0.494 e. The van der Waals surface area contributed by atoms with E-state index in [4.69, 9.17) is 16.2 Å². The van der Waals surface area contributed by atoms with Crippen LogP contribution >= 0.6 is 0 Å². The second-order valence-electron chi connectivity index (χ2n) is 5.15. The fraction of sp³-hybridized carbons (Fsp3) is 0.111. The number of nitrogens with zero attached hydrogens (tertiary/aromatic N) is 2. The third-order valence-electron chi connectivity index (χ3n) is 3.44. The summed E-state index contributed by atoms with van der Waals surface area (Å²) in [4.78, 5) is 8.53. The number of pyridine rings is 1. The Morgan fingerprint density at radius 2 is 1.92 bits per heavy atom. The van der Waals surface area contributed by atoms with Gasteiger partial charge in [0.15, 0.2) is 5.96 Å². The van der Waals surface area contributed by atoms with Crippen molar-refractivity contribution in [2.24, 2.45) is 16.5 Å². The van der Waals surface area contributed by atoms with Crippen LogP contribution < -0.4 is 21.5 Å². The minimum absolute atomic E-state index is 0.00850. The lowest BCUT2D eigenvalue weighted by Gasteiger charge is -2.11. The monoisotopic (exact) mass is 321 g/mol. The molecule has 6 heteroatoms. The van der Waals surface area contributed by atoms with E-state index >= 15 is 0 Å². The summed E-state index contributed by atoms with van der Waals surface area (Å²) in [5.41, 5.74) is 14.2. The first-order valence-corrected chi connectivity index (χ1v) is 7.64. The normalized spacial score (nSPS) is 10.4. The zero-order chi connectivity index (χ0) is 16.9. The van der Waals surface area contributed by atoms with E-state index in [2.05, 4.69) is 15.3 Å². The fourth-order valence-electron chi connectivity index (χ4n) is 2.46. The smallest absolute Gasteiger partial charge is 0.191 e. The van der Waals surface area contributed by atoms with Crippen LogP contribution in [0.2, 0.25) is 0 Å². The molecule has 0 fully saturated rings. The predicted octanol–water partition coefficient (Wildman–Crippen LogP) is 3.28. The van der Waals surface area contributed by atoms with Gasteiger partial charge in [0.2, 0.25) is 0 Å². The first-order valence-electron chi connectivity index (χ1n) is 7.64. The summed E-state index contributed by atoms with van der Waals surface area (Å²) in [7, 11) is 0. The third-order valence-corrected chi connectivity index (χ3v) is 3.44. The Kier molecular flexibility index (Phi) is 4.47. The van der Waals surface area contributed by atoms with Gasteiger partial charge in [-0.2, -0.15) is 0 Å². The summed E-state index contributed by atoms with van der Waals surface area (Å²) < 4.78 is 5.46. The van der Waals surface area contributed by atoms with Crippen molar-refractivity contribution < 1.29 is 4.74 Å². The quantitative estimate of drug-likeness (QED) is 0.495. The van der Waals surface area contributed by atoms with Crippen LogP contribution in [0.5, 0.6) is 5.75 Å². The second-order valence-corrected chi connectivity index (χ2v) is 5.15. The van der Waals surface area contributed by atoms with Gasteiger partial charge in [0.1, 0.15) is 5.75 Å². The van der Waals surface area contributed by atoms with Crippen molar-refractivity contribution in [2.45, 2.75) is 6.92 Å². The highest BCUT2D eigenvalue weighted by Gasteiger charge is 2.06. The van der Waals surface area contributed by atoms with Gasteiger partial charge in [-0.1, -0.05) is 12.1 Å². The van der Waals surface area contributed by atoms with E-state index in [-0.39, 0.29) is 5.96 Å². The maximum Gasteiger partial charge on any atom is 0.191 e. The number of fused-ring (bicyclic) bond motifs is 1. The van der Waals surface area contributed by atoms with Gasteiger partial charge in [0.25, 0.3) is 0 Å². The van der Waals surface area contributed by atoms with Crippen molar-refractivity contribution in [1.29, 1.82) is 0 Å². The van der Waals surface area contributed by atoms with E-state index in [0.717, 1.165) is 28.0 Å². The number of nitrogens with one attached hydrogen (secondary N) is 1. The Hall–Kier alpha value is -3.28. The van der Waals surface area contributed by atoms with Gasteiger partial charge in [-0.15, -0.1) is 0 Å². The lowest BCUT2D eigenvalue weighted by molar-refractivity contribution is 0.340. The lowest BCUT2D eigenvalue weighted by atomic mass is 10.1. The molecule has 3 aromatic rings. The number of benzene rings is 2. The topological polar surface area (TPSA) is 98.5 Å². The highest BCUT2D eigenvalue weighted by atomic mass is 16.5. The molecule has 122 valence electrons. The maximum absolute atomic E-state index is 5.49. The number of rotatable bonds is 5. The van der Waals surface area contributed by atoms with E-state index < -0.39 is 0 Å². The Morgan fingerprint density at radius 3 is 2.62 bits per heavy atom. The molecule has 0 aliphatic carbocycles. The van der Waals surface area contributed by atoms with E-state index in [9.17, 15) is 0 Å². The summed E-state index contributed by atoms with van der Waals surface area (Å²) in [6, 6.07) is 15.4. The van der Waals surface area contributed by atoms with Gasteiger partial charge in [-0.25, -0.2) is 4.99 Å². The molecule has 0 aliphatic rings. The van der Waals surface area contributed by atoms with Gasteiger partial charge >= 0.3 is 0 Å². The first kappa shape index (κ1) is 15.6. The zero-order valence-corrected chi connectivity index (χ0v) is 13.4. The number of hydrogen-bond acceptors (Lipinski definition) is 4. The van der Waals surface area contributed by atoms with Crippen LogP contribution in [0.1, 0.15) is 6.92 Å². The van der Waals surface area contributed by atoms with Crippen LogP contribution in [0.3, 0.4) is 0 Å². The Bertz CT molecular complexity index is 870. The molecule has 0 spiro atoms. The minimum atomic E-state index is 0.00850. The number of hydrogen-bond donors (Lipinski definition) is 3. The van der Waals surface area contributed by atoms with Gasteiger partial charge in [0, 0.05) is 23.0 Å². The molecular formula is C18H19N5O. The van der Waals surface area contributed by atoms with Crippen LogP contribution in [0.15, 0.2) is 59.7 Å². The number of ether oxygens (including phenoxy) is 1. The van der Waals surface area contributed by atoms with Gasteiger partial charge in [-0.3, -0.25) is 4.98 Å². The largest absolute Gasteiger partial charge is 0.494 e. The number of para-hydroxylation sites is 1. The molecule has 0 aliphatic heterocycles. The van der Waals surface area contributed by atoms with E-state index in [1.807, 2.05) is 55.5 Å². The Morgan fingerprint density at radius 1 is 1.12 bits per heavy atom. The summed E-state index contributed by atoms with van der Waals surface area (Å²) in [5.74, 6) is 0.854. The summed E-state index contributed by atoms with van der Waals surface area (Å²) >= 11 is 0. The molecule has 24 heavy (non-hydrogen) atoms. The summed E-state index contributed by atoms with van der Waals surface area (Å²) in [6.45, 7) is 2.61. The molecule has 3 rings (SSSR count). The molecule has 0 radical (unpaired) electrons. The van der Waals surface area contributed by atoms with E-state index in [1.165, 1.54) is 0 Å². The molecule has 1 heterocycles. The Labute approximate surface area is 140 Å². The molecule has 0 bridgehead atoms. The van der Waals surface area contributed by atoms with Crippen molar-refractivity contribution in [3.05, 3.63) is 54.7 Å². The predicted molar refractivity (Wildman–Crippen MR) is 98.1 cm³/mol. The number of aromatic nitrogens is 1. The van der Waals surface area contributed by atoms with E-state index in [1.54, 1.807) is 6.20 Å². The number of guanidine groups is 1. The summed E-state index contributed by atoms with van der Waals surface area (Å²) in [5, 5.41) is 4.33. The van der Waals surface area contributed by atoms with Gasteiger partial charge in [-0.05, 0) is 43.3 Å².